The minimum absolute atomic E-state index is 0.410. The highest BCUT2D eigenvalue weighted by atomic mass is 16.7. The van der Waals surface area contributed by atoms with E-state index in [1.165, 1.54) is 5.56 Å². The number of likely N-dealkylation sites (N-methyl/N-ethyl adjacent to an activating group) is 1. The number of methoxy groups -OCH3 is 2. The van der Waals surface area contributed by atoms with Crippen LogP contribution in [0.3, 0.4) is 0 Å². The Hall–Kier alpha value is -2.82. The van der Waals surface area contributed by atoms with E-state index in [0.717, 1.165) is 53.6 Å². The summed E-state index contributed by atoms with van der Waals surface area (Å²) in [6, 6.07) is 8.53. The first kappa shape index (κ1) is 24.8. The van der Waals surface area contributed by atoms with Crippen molar-refractivity contribution in [1.29, 1.82) is 5.26 Å². The second-order valence-electron chi connectivity index (χ2n) is 9.29. The molecule has 178 valence electrons. The van der Waals surface area contributed by atoms with Crippen molar-refractivity contribution in [3.63, 3.8) is 0 Å². The second kappa shape index (κ2) is 9.98. The maximum Gasteiger partial charge on any atom is 0.205 e. The lowest BCUT2D eigenvalue weighted by molar-refractivity contribution is -0.181. The summed E-state index contributed by atoms with van der Waals surface area (Å²) in [5, 5.41) is 10.1. The van der Waals surface area contributed by atoms with Crippen molar-refractivity contribution in [3.8, 4) is 23.3 Å². The first-order valence-corrected chi connectivity index (χ1v) is 11.2. The zero-order valence-electron chi connectivity index (χ0n) is 20.8. The summed E-state index contributed by atoms with van der Waals surface area (Å²) in [7, 11) is 5.36. The summed E-state index contributed by atoms with van der Waals surface area (Å²) in [5.41, 5.74) is 3.11. The Morgan fingerprint density at radius 3 is 2.61 bits per heavy atom. The molecule has 0 radical (unpaired) electrons. The number of nitrogens with zero attached hydrogens (tertiary/aromatic N) is 3. The molecule has 2 aromatic rings. The van der Waals surface area contributed by atoms with Crippen LogP contribution in [0, 0.1) is 18.3 Å². The smallest absolute Gasteiger partial charge is 0.205 e. The number of benzene rings is 1. The highest BCUT2D eigenvalue weighted by molar-refractivity contribution is 5.48. The Labute approximate surface area is 197 Å². The van der Waals surface area contributed by atoms with E-state index < -0.39 is 11.2 Å². The highest BCUT2D eigenvalue weighted by Crippen LogP contribution is 2.40. The molecule has 33 heavy (non-hydrogen) atoms. The van der Waals surface area contributed by atoms with E-state index in [0.29, 0.717) is 13.0 Å². The summed E-state index contributed by atoms with van der Waals surface area (Å²) in [5.74, 6) is 1.50. The molecule has 3 rings (SSSR count). The minimum Gasteiger partial charge on any atom is -0.493 e. The molecule has 1 unspecified atom stereocenters. The fourth-order valence-electron chi connectivity index (χ4n) is 4.05. The third-order valence-electron chi connectivity index (χ3n) is 6.29. The first-order chi connectivity index (χ1) is 15.6. The van der Waals surface area contributed by atoms with E-state index in [1.54, 1.807) is 14.2 Å². The quantitative estimate of drug-likeness (QED) is 0.557. The molecule has 1 atom stereocenters. The zero-order chi connectivity index (χ0) is 24.2. The van der Waals surface area contributed by atoms with Crippen LogP contribution in [0.4, 0.5) is 0 Å². The van der Waals surface area contributed by atoms with E-state index >= 15 is 0 Å². The molecule has 0 fully saturated rings. The van der Waals surface area contributed by atoms with E-state index in [-0.39, 0.29) is 0 Å². The predicted octanol–water partition coefficient (Wildman–Crippen LogP) is 4.40. The molecule has 0 amide bonds. The van der Waals surface area contributed by atoms with Gasteiger partial charge in [0.25, 0.3) is 0 Å². The topological polar surface area (TPSA) is 76.8 Å². The molecule has 0 saturated carbocycles. The number of rotatable bonds is 9. The fraction of sp³-hybridized carbons (Fsp3) is 0.538. The van der Waals surface area contributed by atoms with Crippen molar-refractivity contribution in [2.75, 3.05) is 34.4 Å². The number of pyridine rings is 1. The average Bonchev–Trinajstić information content (AvgIpc) is 2.81. The van der Waals surface area contributed by atoms with Gasteiger partial charge in [-0.25, -0.2) is 0 Å². The number of hydrogen-bond donors (Lipinski definition) is 0. The Kier molecular flexibility index (Phi) is 7.51. The van der Waals surface area contributed by atoms with Crippen molar-refractivity contribution < 1.29 is 18.9 Å². The Bertz CT molecular complexity index is 1030. The summed E-state index contributed by atoms with van der Waals surface area (Å²) < 4.78 is 22.7. The van der Waals surface area contributed by atoms with Crippen LogP contribution in [0.15, 0.2) is 24.4 Å². The summed E-state index contributed by atoms with van der Waals surface area (Å²) in [6.07, 6.45) is 3.36. The monoisotopic (exact) mass is 453 g/mol. The molecular formula is C26H35N3O4. The van der Waals surface area contributed by atoms with Crippen molar-refractivity contribution in [2.24, 2.45) is 0 Å². The van der Waals surface area contributed by atoms with E-state index in [2.05, 4.69) is 29.1 Å². The molecule has 2 heterocycles. The normalized spacial score (nSPS) is 16.3. The highest BCUT2D eigenvalue weighted by Gasteiger charge is 2.36. The van der Waals surface area contributed by atoms with Gasteiger partial charge in [0.2, 0.25) is 5.79 Å². The summed E-state index contributed by atoms with van der Waals surface area (Å²) >= 11 is 0. The number of nitriles is 1. The van der Waals surface area contributed by atoms with Gasteiger partial charge in [-0.2, -0.15) is 5.26 Å². The predicted molar refractivity (Wildman–Crippen MR) is 127 cm³/mol. The van der Waals surface area contributed by atoms with Crippen molar-refractivity contribution >= 4 is 0 Å². The zero-order valence-corrected chi connectivity index (χ0v) is 20.8. The third-order valence-corrected chi connectivity index (χ3v) is 6.29. The van der Waals surface area contributed by atoms with Gasteiger partial charge in [-0.05, 0) is 63.5 Å². The largest absolute Gasteiger partial charge is 0.493 e. The van der Waals surface area contributed by atoms with Gasteiger partial charge in [0, 0.05) is 32.2 Å². The van der Waals surface area contributed by atoms with Crippen LogP contribution in [-0.2, 0) is 23.2 Å². The maximum atomic E-state index is 10.1. The summed E-state index contributed by atoms with van der Waals surface area (Å²) in [6.45, 7) is 9.72. The molecule has 0 bridgehead atoms. The molecule has 7 nitrogen and oxygen atoms in total. The van der Waals surface area contributed by atoms with Crippen LogP contribution >= 0.6 is 0 Å². The van der Waals surface area contributed by atoms with Gasteiger partial charge in [-0.3, -0.25) is 4.98 Å². The van der Waals surface area contributed by atoms with Gasteiger partial charge in [0.15, 0.2) is 11.5 Å². The molecule has 0 N–H and O–H groups in total. The lowest BCUT2D eigenvalue weighted by atomic mass is 9.78. The number of ether oxygens (including phenoxy) is 4. The van der Waals surface area contributed by atoms with Gasteiger partial charge in [0.1, 0.15) is 5.75 Å². The van der Waals surface area contributed by atoms with Crippen LogP contribution in [0.1, 0.15) is 49.6 Å². The van der Waals surface area contributed by atoms with Gasteiger partial charge in [0.05, 0.1) is 38.0 Å². The molecule has 0 spiro atoms. The molecule has 0 saturated heterocycles. The van der Waals surface area contributed by atoms with E-state index in [1.807, 2.05) is 46.0 Å². The Morgan fingerprint density at radius 2 is 1.94 bits per heavy atom. The van der Waals surface area contributed by atoms with Gasteiger partial charge < -0.3 is 23.8 Å². The molecule has 1 aliphatic rings. The van der Waals surface area contributed by atoms with E-state index in [9.17, 15) is 5.26 Å². The lowest BCUT2D eigenvalue weighted by Crippen LogP contribution is -2.38. The number of aromatic nitrogens is 1. The van der Waals surface area contributed by atoms with E-state index in [4.69, 9.17) is 18.9 Å². The lowest BCUT2D eigenvalue weighted by Gasteiger charge is -2.36. The number of aryl methyl sites for hydroxylation is 1. The second-order valence-corrected chi connectivity index (χ2v) is 9.29. The first-order valence-electron chi connectivity index (χ1n) is 11.2. The molecule has 1 aromatic carbocycles. The van der Waals surface area contributed by atoms with Crippen LogP contribution in [0.2, 0.25) is 0 Å². The third kappa shape index (κ3) is 5.58. The fourth-order valence-corrected chi connectivity index (χ4v) is 4.05. The Morgan fingerprint density at radius 1 is 1.21 bits per heavy atom. The molecule has 1 aromatic heterocycles. The maximum absolute atomic E-state index is 10.1. The van der Waals surface area contributed by atoms with Crippen molar-refractivity contribution in [3.05, 3.63) is 46.8 Å². The van der Waals surface area contributed by atoms with Gasteiger partial charge >= 0.3 is 0 Å². The van der Waals surface area contributed by atoms with Crippen LogP contribution < -0.4 is 14.2 Å². The molecule has 0 aliphatic carbocycles. The van der Waals surface area contributed by atoms with Gasteiger partial charge in [-0.1, -0.05) is 6.07 Å². The number of hydrogen-bond acceptors (Lipinski definition) is 7. The molecular weight excluding hydrogens is 418 g/mol. The standard InChI is InChI=1S/C26H35N3O4/c1-18-24-20(16-32-25(2,3)33-24)21(15-28-18)26(4,17-27)11-13-29(5)12-10-19-8-9-22(30-6)23(14-19)31-7/h8-9,14-15H,10-13,16H2,1-7H3. The molecule has 1 aliphatic heterocycles. The van der Waals surface area contributed by atoms with Crippen molar-refractivity contribution in [1.82, 2.24) is 9.88 Å². The van der Waals surface area contributed by atoms with Crippen LogP contribution in [0.5, 0.6) is 17.2 Å². The van der Waals surface area contributed by atoms with Gasteiger partial charge in [-0.15, -0.1) is 0 Å². The number of fused-ring (bicyclic) bond motifs is 1. The Balaban J connectivity index is 1.68. The van der Waals surface area contributed by atoms with Crippen LogP contribution in [0.25, 0.3) is 0 Å². The molecule has 7 heteroatoms. The SMILES string of the molecule is COc1ccc(CCN(C)CCC(C)(C#N)c2cnc(C)c3c2COC(C)(C)O3)cc1OC. The van der Waals surface area contributed by atoms with Crippen LogP contribution in [-0.4, -0.2) is 50.0 Å². The minimum atomic E-state index is -0.703. The average molecular weight is 454 g/mol. The summed E-state index contributed by atoms with van der Waals surface area (Å²) in [4.78, 5) is 6.78. The van der Waals surface area contributed by atoms with Crippen molar-refractivity contribution in [2.45, 2.75) is 58.3 Å².